The van der Waals surface area contributed by atoms with E-state index in [4.69, 9.17) is 16.7 Å². The highest BCUT2D eigenvalue weighted by Gasteiger charge is 2.20. The molecule has 11 heteroatoms. The van der Waals surface area contributed by atoms with Crippen LogP contribution in [0.3, 0.4) is 0 Å². The van der Waals surface area contributed by atoms with Crippen LogP contribution < -0.4 is 5.14 Å². The van der Waals surface area contributed by atoms with E-state index in [-0.39, 0.29) is 22.8 Å². The van der Waals surface area contributed by atoms with Crippen molar-refractivity contribution >= 4 is 27.5 Å². The van der Waals surface area contributed by atoms with Crippen LogP contribution in [0.15, 0.2) is 47.4 Å². The predicted molar refractivity (Wildman–Crippen MR) is 109 cm³/mol. The summed E-state index contributed by atoms with van der Waals surface area (Å²) >= 11 is 5.91. The lowest BCUT2D eigenvalue weighted by Crippen LogP contribution is -2.22. The first-order valence-electron chi connectivity index (χ1n) is 8.69. The maximum absolute atomic E-state index is 13.6. The predicted octanol–water partition coefficient (Wildman–Crippen LogP) is 2.96. The van der Waals surface area contributed by atoms with Gasteiger partial charge in [-0.25, -0.2) is 23.0 Å². The van der Waals surface area contributed by atoms with E-state index in [1.165, 1.54) is 37.4 Å². The summed E-state index contributed by atoms with van der Waals surface area (Å²) in [5.74, 6) is -1.07. The molecule has 0 saturated heterocycles. The number of aromatic amines is 1. The number of aromatic nitrogens is 2. The first-order valence-corrected chi connectivity index (χ1v) is 10.6. The van der Waals surface area contributed by atoms with Gasteiger partial charge in [-0.3, -0.25) is 15.1 Å². The highest BCUT2D eigenvalue weighted by molar-refractivity contribution is 7.89. The van der Waals surface area contributed by atoms with E-state index in [0.29, 0.717) is 33.1 Å². The van der Waals surface area contributed by atoms with Gasteiger partial charge < -0.3 is 0 Å². The van der Waals surface area contributed by atoms with Gasteiger partial charge in [0, 0.05) is 31.0 Å². The maximum atomic E-state index is 13.6. The van der Waals surface area contributed by atoms with E-state index in [9.17, 15) is 22.8 Å². The lowest BCUT2D eigenvalue weighted by atomic mass is 9.97. The molecule has 1 heterocycles. The van der Waals surface area contributed by atoms with Gasteiger partial charge in [-0.2, -0.15) is 5.10 Å². The number of hydroxylamine groups is 2. The highest BCUT2D eigenvalue weighted by Crippen LogP contribution is 2.35. The van der Waals surface area contributed by atoms with Gasteiger partial charge in [-0.05, 0) is 35.9 Å². The molecule has 1 aromatic heterocycles. The Hall–Kier alpha value is -2.79. The van der Waals surface area contributed by atoms with Gasteiger partial charge in [0.05, 0.1) is 21.3 Å². The molecule has 0 spiro atoms. The van der Waals surface area contributed by atoms with Gasteiger partial charge in [0.15, 0.2) is 0 Å². The quantitative estimate of drug-likeness (QED) is 0.391. The molecule has 0 aliphatic heterocycles. The van der Waals surface area contributed by atoms with Crippen molar-refractivity contribution in [3.8, 4) is 22.4 Å². The van der Waals surface area contributed by atoms with Crippen molar-refractivity contribution in [1.29, 1.82) is 0 Å². The zero-order valence-corrected chi connectivity index (χ0v) is 17.3. The number of aryl methyl sites for hydroxylation is 1. The summed E-state index contributed by atoms with van der Waals surface area (Å²) in [6, 6.07) is 10.0. The summed E-state index contributed by atoms with van der Waals surface area (Å²) in [6.45, 7) is 0. The molecule has 0 saturated carbocycles. The molecule has 3 aromatic rings. The van der Waals surface area contributed by atoms with Crippen molar-refractivity contribution in [2.45, 2.75) is 17.7 Å². The molecule has 0 fully saturated rings. The number of benzene rings is 2. The van der Waals surface area contributed by atoms with Crippen molar-refractivity contribution in [2.75, 3.05) is 7.05 Å². The second kappa shape index (κ2) is 8.52. The molecular weight excluding hydrogens is 435 g/mol. The Labute approximate surface area is 177 Å². The number of carbonyl (C=O) groups is 1. The summed E-state index contributed by atoms with van der Waals surface area (Å²) in [5.41, 5.74) is 2.76. The normalized spacial score (nSPS) is 11.5. The lowest BCUT2D eigenvalue weighted by Gasteiger charge is -2.10. The van der Waals surface area contributed by atoms with Crippen LogP contribution in [-0.4, -0.2) is 41.8 Å². The fraction of sp³-hybridized carbons (Fsp3) is 0.158. The maximum Gasteiger partial charge on any atom is 0.246 e. The van der Waals surface area contributed by atoms with Crippen molar-refractivity contribution in [3.63, 3.8) is 0 Å². The zero-order valence-electron chi connectivity index (χ0n) is 15.8. The topological polar surface area (TPSA) is 129 Å². The Bertz CT molecular complexity index is 1190. The minimum atomic E-state index is -3.86. The summed E-state index contributed by atoms with van der Waals surface area (Å²) in [5, 5.41) is 22.0. The number of amides is 1. The molecule has 0 aliphatic rings. The van der Waals surface area contributed by atoms with E-state index in [0.717, 1.165) is 0 Å². The Morgan fingerprint density at radius 2 is 1.87 bits per heavy atom. The SMILES string of the molecule is CN(O)C(=O)CCc1n[nH]c(-c2ccc(F)c(Cl)c2)c1-c1ccc(S(N)(=O)=O)cc1. The van der Waals surface area contributed by atoms with Gasteiger partial charge >= 0.3 is 0 Å². The number of nitrogens with one attached hydrogen (secondary N) is 1. The Morgan fingerprint density at radius 3 is 2.43 bits per heavy atom. The van der Waals surface area contributed by atoms with Crippen molar-refractivity contribution in [1.82, 2.24) is 15.3 Å². The van der Waals surface area contributed by atoms with Gasteiger partial charge in [-0.1, -0.05) is 23.7 Å². The standard InChI is InChI=1S/C19H18ClFN4O4S/c1-25(27)17(26)9-8-16-18(11-2-5-13(6-3-11)30(22,28)29)19(24-23-16)12-4-7-15(21)14(20)10-12/h2-7,10,27H,8-9H2,1H3,(H,23,24)(H2,22,28,29). The van der Waals surface area contributed by atoms with Gasteiger partial charge in [-0.15, -0.1) is 0 Å². The summed E-state index contributed by atoms with van der Waals surface area (Å²) in [4.78, 5) is 11.7. The van der Waals surface area contributed by atoms with Crippen molar-refractivity contribution < 1.29 is 22.8 Å². The van der Waals surface area contributed by atoms with Crippen LogP contribution >= 0.6 is 11.6 Å². The van der Waals surface area contributed by atoms with Crippen LogP contribution in [0.25, 0.3) is 22.4 Å². The largest absolute Gasteiger partial charge is 0.286 e. The van der Waals surface area contributed by atoms with E-state index in [1.54, 1.807) is 12.1 Å². The average Bonchev–Trinajstić information content (AvgIpc) is 3.11. The number of nitrogens with zero attached hydrogens (tertiary/aromatic N) is 2. The molecule has 0 bridgehead atoms. The Kier molecular flexibility index (Phi) is 6.22. The number of hydrogen-bond donors (Lipinski definition) is 3. The van der Waals surface area contributed by atoms with Gasteiger partial charge in [0.2, 0.25) is 15.9 Å². The molecule has 4 N–H and O–H groups in total. The van der Waals surface area contributed by atoms with E-state index >= 15 is 0 Å². The molecule has 30 heavy (non-hydrogen) atoms. The second-order valence-electron chi connectivity index (χ2n) is 6.54. The first-order chi connectivity index (χ1) is 14.1. The Morgan fingerprint density at radius 1 is 1.23 bits per heavy atom. The monoisotopic (exact) mass is 452 g/mol. The van der Waals surface area contributed by atoms with Crippen LogP contribution in [0.1, 0.15) is 12.1 Å². The number of nitrogens with two attached hydrogens (primary N) is 1. The highest BCUT2D eigenvalue weighted by atomic mass is 35.5. The van der Waals surface area contributed by atoms with E-state index in [1.807, 2.05) is 0 Å². The third-order valence-corrected chi connectivity index (χ3v) is 5.68. The third kappa shape index (κ3) is 4.68. The molecule has 8 nitrogen and oxygen atoms in total. The minimum Gasteiger partial charge on any atom is -0.286 e. The first kappa shape index (κ1) is 21.9. The summed E-state index contributed by atoms with van der Waals surface area (Å²) in [7, 11) is -2.63. The van der Waals surface area contributed by atoms with Crippen LogP contribution in [0, 0.1) is 5.82 Å². The number of hydrogen-bond acceptors (Lipinski definition) is 5. The van der Waals surface area contributed by atoms with Gasteiger partial charge in [0.1, 0.15) is 5.82 Å². The second-order valence-corrected chi connectivity index (χ2v) is 8.50. The number of halogens is 2. The molecule has 0 radical (unpaired) electrons. The van der Waals surface area contributed by atoms with Crippen LogP contribution in [-0.2, 0) is 21.2 Å². The average molecular weight is 453 g/mol. The Balaban J connectivity index is 2.09. The molecule has 0 atom stereocenters. The minimum absolute atomic E-state index is 0.0102. The van der Waals surface area contributed by atoms with E-state index < -0.39 is 21.7 Å². The van der Waals surface area contributed by atoms with Crippen LogP contribution in [0.5, 0.6) is 0 Å². The smallest absolute Gasteiger partial charge is 0.246 e. The fourth-order valence-corrected chi connectivity index (χ4v) is 3.63. The molecule has 158 valence electrons. The van der Waals surface area contributed by atoms with Crippen LogP contribution in [0.2, 0.25) is 5.02 Å². The summed E-state index contributed by atoms with van der Waals surface area (Å²) in [6.07, 6.45) is 0.186. The molecule has 1 amide bonds. The lowest BCUT2D eigenvalue weighted by molar-refractivity contribution is -0.159. The van der Waals surface area contributed by atoms with E-state index in [2.05, 4.69) is 10.2 Å². The summed E-state index contributed by atoms with van der Waals surface area (Å²) < 4.78 is 36.7. The molecule has 0 unspecified atom stereocenters. The number of primary sulfonamides is 1. The fourth-order valence-electron chi connectivity index (χ4n) is 2.93. The number of carbonyl (C=O) groups excluding carboxylic acids is 1. The number of rotatable bonds is 6. The molecule has 2 aromatic carbocycles. The number of H-pyrrole nitrogens is 1. The van der Waals surface area contributed by atoms with Gasteiger partial charge in [0.25, 0.3) is 0 Å². The number of sulfonamides is 1. The molecule has 3 rings (SSSR count). The van der Waals surface area contributed by atoms with Crippen molar-refractivity contribution in [3.05, 3.63) is 59.0 Å². The molecule has 0 aliphatic carbocycles. The van der Waals surface area contributed by atoms with Crippen LogP contribution in [0.4, 0.5) is 4.39 Å². The molecular formula is C19H18ClFN4O4S. The third-order valence-electron chi connectivity index (χ3n) is 4.46. The zero-order chi connectivity index (χ0) is 22.1. The van der Waals surface area contributed by atoms with Crippen molar-refractivity contribution in [2.24, 2.45) is 5.14 Å².